The highest BCUT2D eigenvalue weighted by atomic mass is 32.2. The molecule has 1 aromatic rings. The van der Waals surface area contributed by atoms with E-state index in [0.29, 0.717) is 24.2 Å². The normalized spacial score (nSPS) is 14.6. The second-order valence-corrected chi connectivity index (χ2v) is 6.61. The molecule has 0 aliphatic carbocycles. The second kappa shape index (κ2) is 7.42. The molecule has 8 nitrogen and oxygen atoms in total. The second-order valence-electron chi connectivity index (χ2n) is 5.11. The lowest BCUT2D eigenvalue weighted by molar-refractivity contribution is 0.0600. The van der Waals surface area contributed by atoms with Gasteiger partial charge in [0.25, 0.3) is 0 Å². The zero-order valence-electron chi connectivity index (χ0n) is 12.7. The largest absolute Gasteiger partial charge is 0.465 e. The summed E-state index contributed by atoms with van der Waals surface area (Å²) in [5, 5.41) is 0. The number of methoxy groups -OCH3 is 1. The maximum atomic E-state index is 11.8. The van der Waals surface area contributed by atoms with Crippen molar-refractivity contribution in [2.75, 3.05) is 20.2 Å². The highest BCUT2D eigenvalue weighted by Gasteiger charge is 2.22. The molecule has 0 saturated carbocycles. The maximum Gasteiger partial charge on any atom is 0.337 e. The third-order valence-electron chi connectivity index (χ3n) is 3.46. The monoisotopic (exact) mass is 341 g/mol. The fourth-order valence-electron chi connectivity index (χ4n) is 2.19. The Bertz CT molecular complexity index is 666. The molecule has 2 amide bonds. The van der Waals surface area contributed by atoms with E-state index in [9.17, 15) is 18.0 Å². The lowest BCUT2D eigenvalue weighted by atomic mass is 10.1. The van der Waals surface area contributed by atoms with E-state index in [4.69, 9.17) is 0 Å². The quantitative estimate of drug-likeness (QED) is 0.764. The molecule has 0 atom stereocenters. The van der Waals surface area contributed by atoms with Gasteiger partial charge in [-0.05, 0) is 30.5 Å². The molecular weight excluding hydrogens is 322 g/mol. The van der Waals surface area contributed by atoms with Crippen molar-refractivity contribution in [1.29, 1.82) is 0 Å². The Morgan fingerprint density at radius 1 is 1.17 bits per heavy atom. The Morgan fingerprint density at radius 2 is 1.78 bits per heavy atom. The van der Waals surface area contributed by atoms with Gasteiger partial charge in [-0.25, -0.2) is 14.3 Å². The van der Waals surface area contributed by atoms with Gasteiger partial charge in [0.05, 0.1) is 12.7 Å². The predicted molar refractivity (Wildman–Crippen MR) is 82.9 cm³/mol. The fourth-order valence-corrected chi connectivity index (χ4v) is 2.98. The van der Waals surface area contributed by atoms with E-state index in [1.807, 2.05) is 4.72 Å². The van der Waals surface area contributed by atoms with Crippen molar-refractivity contribution in [3.8, 4) is 0 Å². The first-order valence-electron chi connectivity index (χ1n) is 7.15. The van der Waals surface area contributed by atoms with Crippen LogP contribution in [0.4, 0.5) is 4.79 Å². The number of nitrogens with one attached hydrogen (secondary N) is 2. The molecular formula is C14H19N3O5S. The standard InChI is InChI=1S/C14H19N3O5S/c1-22-13(18)12-6-4-11(5-7-12)10-15-23(20,21)16-14(19)17-8-2-3-9-17/h4-7,15H,2-3,8-10H2,1H3,(H,16,19). The molecule has 0 radical (unpaired) electrons. The lowest BCUT2D eigenvalue weighted by Crippen LogP contribution is -2.46. The van der Waals surface area contributed by atoms with E-state index in [0.717, 1.165) is 12.8 Å². The Hall–Kier alpha value is -2.13. The topological polar surface area (TPSA) is 105 Å². The molecule has 1 aromatic carbocycles. The molecule has 0 spiro atoms. The third kappa shape index (κ3) is 4.93. The van der Waals surface area contributed by atoms with Crippen molar-refractivity contribution in [3.63, 3.8) is 0 Å². The lowest BCUT2D eigenvalue weighted by Gasteiger charge is -2.16. The summed E-state index contributed by atoms with van der Waals surface area (Å²) >= 11 is 0. The van der Waals surface area contributed by atoms with Crippen LogP contribution in [0.2, 0.25) is 0 Å². The van der Waals surface area contributed by atoms with Crippen LogP contribution in [0, 0.1) is 0 Å². The van der Waals surface area contributed by atoms with Gasteiger partial charge in [-0.15, -0.1) is 0 Å². The molecule has 1 saturated heterocycles. The maximum absolute atomic E-state index is 11.8. The Morgan fingerprint density at radius 3 is 2.35 bits per heavy atom. The third-order valence-corrected chi connectivity index (χ3v) is 4.42. The summed E-state index contributed by atoms with van der Waals surface area (Å²) in [6, 6.07) is 5.68. The van der Waals surface area contributed by atoms with Crippen LogP contribution in [0.3, 0.4) is 0 Å². The van der Waals surface area contributed by atoms with Crippen LogP contribution in [-0.4, -0.2) is 45.5 Å². The van der Waals surface area contributed by atoms with Crippen molar-refractivity contribution in [2.24, 2.45) is 0 Å². The number of urea groups is 1. The number of esters is 1. The molecule has 1 aliphatic rings. The molecule has 0 bridgehead atoms. The molecule has 2 N–H and O–H groups in total. The highest BCUT2D eigenvalue weighted by molar-refractivity contribution is 7.88. The number of benzene rings is 1. The number of likely N-dealkylation sites (tertiary alicyclic amines) is 1. The summed E-state index contributed by atoms with van der Waals surface area (Å²) in [6.45, 7) is 1.14. The number of amides is 2. The number of carbonyl (C=O) groups is 2. The minimum atomic E-state index is -3.93. The number of carbonyl (C=O) groups excluding carboxylic acids is 2. The van der Waals surface area contributed by atoms with Gasteiger partial charge in [0.1, 0.15) is 0 Å². The number of hydrogen-bond acceptors (Lipinski definition) is 5. The van der Waals surface area contributed by atoms with E-state index in [1.54, 1.807) is 12.1 Å². The van der Waals surface area contributed by atoms with Crippen LogP contribution >= 0.6 is 0 Å². The highest BCUT2D eigenvalue weighted by Crippen LogP contribution is 2.08. The molecule has 2 rings (SSSR count). The van der Waals surface area contributed by atoms with Crippen LogP contribution < -0.4 is 9.44 Å². The molecule has 1 fully saturated rings. The zero-order chi connectivity index (χ0) is 16.9. The van der Waals surface area contributed by atoms with Gasteiger partial charge < -0.3 is 9.64 Å². The van der Waals surface area contributed by atoms with Crippen LogP contribution in [-0.2, 0) is 21.5 Å². The number of ether oxygens (including phenoxy) is 1. The first-order valence-corrected chi connectivity index (χ1v) is 8.63. The van der Waals surface area contributed by atoms with E-state index in [1.165, 1.54) is 24.1 Å². The minimum Gasteiger partial charge on any atom is -0.465 e. The van der Waals surface area contributed by atoms with Gasteiger partial charge in [0.2, 0.25) is 0 Å². The average Bonchev–Trinajstić information content (AvgIpc) is 3.07. The molecule has 0 unspecified atom stereocenters. The predicted octanol–water partition coefficient (Wildman–Crippen LogP) is 0.613. The summed E-state index contributed by atoms with van der Waals surface area (Å²) in [5.74, 6) is -0.463. The molecule has 1 aliphatic heterocycles. The first-order chi connectivity index (χ1) is 10.9. The van der Waals surface area contributed by atoms with E-state index >= 15 is 0 Å². The SMILES string of the molecule is COC(=O)c1ccc(CNS(=O)(=O)NC(=O)N2CCCC2)cc1. The summed E-state index contributed by atoms with van der Waals surface area (Å²) < 4.78 is 32.5. The fraction of sp³-hybridized carbons (Fsp3) is 0.429. The van der Waals surface area contributed by atoms with Crippen molar-refractivity contribution in [3.05, 3.63) is 35.4 Å². The van der Waals surface area contributed by atoms with Crippen LogP contribution in [0.15, 0.2) is 24.3 Å². The molecule has 0 aromatic heterocycles. The molecule has 1 heterocycles. The van der Waals surface area contributed by atoms with Crippen molar-refractivity contribution in [1.82, 2.24) is 14.3 Å². The first kappa shape index (κ1) is 17.2. The van der Waals surface area contributed by atoms with Gasteiger partial charge in [0.15, 0.2) is 0 Å². The zero-order valence-corrected chi connectivity index (χ0v) is 13.6. The summed E-state index contributed by atoms with van der Waals surface area (Å²) in [6.07, 6.45) is 1.76. The Balaban J connectivity index is 1.88. The van der Waals surface area contributed by atoms with E-state index < -0.39 is 22.2 Å². The van der Waals surface area contributed by atoms with Crippen LogP contribution in [0.5, 0.6) is 0 Å². The van der Waals surface area contributed by atoms with Crippen LogP contribution in [0.1, 0.15) is 28.8 Å². The van der Waals surface area contributed by atoms with E-state index in [-0.39, 0.29) is 6.54 Å². The summed E-state index contributed by atoms with van der Waals surface area (Å²) in [5.41, 5.74) is 1.03. The van der Waals surface area contributed by atoms with Crippen molar-refractivity contribution >= 4 is 22.2 Å². The molecule has 23 heavy (non-hydrogen) atoms. The van der Waals surface area contributed by atoms with Gasteiger partial charge in [-0.3, -0.25) is 0 Å². The summed E-state index contributed by atoms with van der Waals surface area (Å²) in [7, 11) is -2.65. The summed E-state index contributed by atoms with van der Waals surface area (Å²) in [4.78, 5) is 24.5. The number of rotatable bonds is 5. The van der Waals surface area contributed by atoms with Gasteiger partial charge in [-0.2, -0.15) is 13.1 Å². The van der Waals surface area contributed by atoms with Crippen molar-refractivity contribution < 1.29 is 22.7 Å². The average molecular weight is 341 g/mol. The minimum absolute atomic E-state index is 0.00403. The number of hydrogen-bond donors (Lipinski definition) is 2. The van der Waals surface area contributed by atoms with Gasteiger partial charge in [-0.1, -0.05) is 12.1 Å². The van der Waals surface area contributed by atoms with Crippen molar-refractivity contribution in [2.45, 2.75) is 19.4 Å². The van der Waals surface area contributed by atoms with E-state index in [2.05, 4.69) is 9.46 Å². The van der Waals surface area contributed by atoms with Gasteiger partial charge in [0, 0.05) is 19.6 Å². The molecule has 9 heteroatoms. The number of nitrogens with zero attached hydrogens (tertiary/aromatic N) is 1. The van der Waals surface area contributed by atoms with Gasteiger partial charge >= 0.3 is 22.2 Å². The smallest absolute Gasteiger partial charge is 0.337 e. The molecule has 126 valence electrons. The Labute approximate surface area is 135 Å². The van der Waals surface area contributed by atoms with Crippen LogP contribution in [0.25, 0.3) is 0 Å². The Kier molecular flexibility index (Phi) is 5.56.